The van der Waals surface area contributed by atoms with Gasteiger partial charge in [0, 0.05) is 12.2 Å². The molecule has 0 radical (unpaired) electrons. The van der Waals surface area contributed by atoms with Gasteiger partial charge in [0.2, 0.25) is 0 Å². The molecule has 0 aliphatic heterocycles. The minimum atomic E-state index is 0.208. The number of nitrogens with zero attached hydrogens (tertiary/aromatic N) is 1. The van der Waals surface area contributed by atoms with E-state index in [-0.39, 0.29) is 6.04 Å². The maximum Gasteiger partial charge on any atom is 0.134 e. The Balaban J connectivity index is 2.03. The van der Waals surface area contributed by atoms with Crippen molar-refractivity contribution in [2.24, 2.45) is 5.73 Å². The molecule has 0 fully saturated rings. The standard InChI is InChI=1S/C17H21BrN2O/c1-3-14(19)9-13-6-7-17(15(18)10-13)21-11-16-12(2)5-4-8-20-16/h4-8,10,14H,3,9,11,19H2,1-2H3. The highest BCUT2D eigenvalue weighted by molar-refractivity contribution is 9.10. The molecule has 0 aliphatic rings. The SMILES string of the molecule is CCC(N)Cc1ccc(OCc2ncccc2C)c(Br)c1. The Morgan fingerprint density at radius 3 is 2.81 bits per heavy atom. The first kappa shape index (κ1) is 16.0. The minimum Gasteiger partial charge on any atom is -0.486 e. The molecule has 0 amide bonds. The Bertz CT molecular complexity index is 601. The number of hydrogen-bond acceptors (Lipinski definition) is 3. The van der Waals surface area contributed by atoms with Crippen molar-refractivity contribution in [3.05, 3.63) is 57.8 Å². The topological polar surface area (TPSA) is 48.1 Å². The smallest absolute Gasteiger partial charge is 0.134 e. The van der Waals surface area contributed by atoms with Crippen molar-refractivity contribution in [2.75, 3.05) is 0 Å². The third kappa shape index (κ3) is 4.55. The van der Waals surface area contributed by atoms with E-state index in [1.807, 2.05) is 25.1 Å². The highest BCUT2D eigenvalue weighted by Gasteiger charge is 2.07. The lowest BCUT2D eigenvalue weighted by atomic mass is 10.0. The zero-order chi connectivity index (χ0) is 15.2. The molecule has 1 aromatic heterocycles. The summed E-state index contributed by atoms with van der Waals surface area (Å²) < 4.78 is 6.80. The summed E-state index contributed by atoms with van der Waals surface area (Å²) in [4.78, 5) is 4.33. The van der Waals surface area contributed by atoms with Gasteiger partial charge < -0.3 is 10.5 Å². The van der Waals surface area contributed by atoms with Crippen molar-refractivity contribution in [1.29, 1.82) is 0 Å². The monoisotopic (exact) mass is 348 g/mol. The third-order valence-electron chi connectivity index (χ3n) is 3.50. The number of rotatable bonds is 6. The summed E-state index contributed by atoms with van der Waals surface area (Å²) in [6.07, 6.45) is 3.65. The van der Waals surface area contributed by atoms with E-state index in [2.05, 4.69) is 40.0 Å². The van der Waals surface area contributed by atoms with Gasteiger partial charge in [-0.05, 0) is 65.0 Å². The maximum atomic E-state index is 5.99. The van der Waals surface area contributed by atoms with Crippen LogP contribution in [0.4, 0.5) is 0 Å². The van der Waals surface area contributed by atoms with Crippen LogP contribution in [0.25, 0.3) is 0 Å². The summed E-state index contributed by atoms with van der Waals surface area (Å²) in [7, 11) is 0. The third-order valence-corrected chi connectivity index (χ3v) is 4.12. The molecule has 112 valence electrons. The van der Waals surface area contributed by atoms with Gasteiger partial charge in [-0.3, -0.25) is 4.98 Å². The van der Waals surface area contributed by atoms with Crippen molar-refractivity contribution in [2.45, 2.75) is 39.3 Å². The number of ether oxygens (including phenoxy) is 1. The normalized spacial score (nSPS) is 12.2. The second-order valence-corrected chi connectivity index (χ2v) is 6.05. The molecule has 0 saturated carbocycles. The summed E-state index contributed by atoms with van der Waals surface area (Å²) in [5.74, 6) is 0.828. The molecule has 0 saturated heterocycles. The van der Waals surface area contributed by atoms with Crippen LogP contribution < -0.4 is 10.5 Å². The van der Waals surface area contributed by atoms with E-state index in [1.54, 1.807) is 6.20 Å². The molecule has 4 heteroatoms. The number of aryl methyl sites for hydroxylation is 1. The molecular weight excluding hydrogens is 328 g/mol. The molecule has 0 aliphatic carbocycles. The van der Waals surface area contributed by atoms with E-state index in [9.17, 15) is 0 Å². The average Bonchev–Trinajstić information content (AvgIpc) is 2.48. The van der Waals surface area contributed by atoms with Gasteiger partial charge in [-0.2, -0.15) is 0 Å². The van der Waals surface area contributed by atoms with Gasteiger partial charge in [-0.1, -0.05) is 19.1 Å². The van der Waals surface area contributed by atoms with E-state index in [1.165, 1.54) is 5.56 Å². The van der Waals surface area contributed by atoms with Gasteiger partial charge in [0.15, 0.2) is 0 Å². The summed E-state index contributed by atoms with van der Waals surface area (Å²) in [5, 5.41) is 0. The van der Waals surface area contributed by atoms with Crippen molar-refractivity contribution < 1.29 is 4.74 Å². The number of nitrogens with two attached hydrogens (primary N) is 1. The molecule has 1 heterocycles. The van der Waals surface area contributed by atoms with Gasteiger partial charge in [-0.25, -0.2) is 0 Å². The van der Waals surface area contributed by atoms with Gasteiger partial charge in [0.05, 0.1) is 10.2 Å². The molecule has 2 N–H and O–H groups in total. The zero-order valence-corrected chi connectivity index (χ0v) is 14.1. The Morgan fingerprint density at radius 1 is 1.33 bits per heavy atom. The fraction of sp³-hybridized carbons (Fsp3) is 0.353. The number of aromatic nitrogens is 1. The summed E-state index contributed by atoms with van der Waals surface area (Å²) in [6.45, 7) is 4.61. The molecule has 3 nitrogen and oxygen atoms in total. The number of halogens is 1. The summed E-state index contributed by atoms with van der Waals surface area (Å²) >= 11 is 3.56. The lowest BCUT2D eigenvalue weighted by Gasteiger charge is -2.12. The van der Waals surface area contributed by atoms with Crippen LogP contribution in [0.5, 0.6) is 5.75 Å². The molecule has 2 rings (SSSR count). The fourth-order valence-electron chi connectivity index (χ4n) is 2.05. The van der Waals surface area contributed by atoms with Crippen molar-refractivity contribution in [3.8, 4) is 5.75 Å². The molecule has 2 aromatic rings. The molecule has 21 heavy (non-hydrogen) atoms. The zero-order valence-electron chi connectivity index (χ0n) is 12.5. The molecule has 0 bridgehead atoms. The van der Waals surface area contributed by atoms with Crippen LogP contribution in [0.1, 0.15) is 30.2 Å². The second kappa shape index (κ2) is 7.57. The lowest BCUT2D eigenvalue weighted by Crippen LogP contribution is -2.21. The van der Waals surface area contributed by atoms with Gasteiger partial charge in [0.25, 0.3) is 0 Å². The Morgan fingerprint density at radius 2 is 2.14 bits per heavy atom. The van der Waals surface area contributed by atoms with Gasteiger partial charge in [0.1, 0.15) is 12.4 Å². The quantitative estimate of drug-likeness (QED) is 0.857. The maximum absolute atomic E-state index is 5.99. The van der Waals surface area contributed by atoms with Gasteiger partial charge >= 0.3 is 0 Å². The lowest BCUT2D eigenvalue weighted by molar-refractivity contribution is 0.298. The van der Waals surface area contributed by atoms with Crippen LogP contribution in [-0.2, 0) is 13.0 Å². The van der Waals surface area contributed by atoms with Crippen LogP contribution in [-0.4, -0.2) is 11.0 Å². The Kier molecular flexibility index (Phi) is 5.76. The predicted octanol–water partition coefficient (Wildman–Crippen LogP) is 4.01. The molecular formula is C17H21BrN2O. The summed E-state index contributed by atoms with van der Waals surface area (Å²) in [6, 6.07) is 10.3. The van der Waals surface area contributed by atoms with Crippen LogP contribution in [0, 0.1) is 6.92 Å². The van der Waals surface area contributed by atoms with E-state index in [0.717, 1.165) is 34.3 Å². The Labute approximate surface area is 134 Å². The highest BCUT2D eigenvalue weighted by atomic mass is 79.9. The van der Waals surface area contributed by atoms with Crippen LogP contribution in [0.15, 0.2) is 41.0 Å². The number of benzene rings is 1. The van der Waals surface area contributed by atoms with Crippen molar-refractivity contribution >= 4 is 15.9 Å². The minimum absolute atomic E-state index is 0.208. The predicted molar refractivity (Wildman–Crippen MR) is 89.4 cm³/mol. The number of pyridine rings is 1. The first-order valence-corrected chi connectivity index (χ1v) is 7.96. The average molecular weight is 349 g/mol. The van der Waals surface area contributed by atoms with E-state index >= 15 is 0 Å². The van der Waals surface area contributed by atoms with Crippen LogP contribution >= 0.6 is 15.9 Å². The Hall–Kier alpha value is -1.39. The van der Waals surface area contributed by atoms with E-state index in [0.29, 0.717) is 6.61 Å². The van der Waals surface area contributed by atoms with Crippen LogP contribution in [0.2, 0.25) is 0 Å². The first-order valence-electron chi connectivity index (χ1n) is 7.17. The molecule has 1 unspecified atom stereocenters. The first-order chi connectivity index (χ1) is 10.1. The molecule has 1 atom stereocenters. The second-order valence-electron chi connectivity index (χ2n) is 5.19. The van der Waals surface area contributed by atoms with Crippen molar-refractivity contribution in [3.63, 3.8) is 0 Å². The summed E-state index contributed by atoms with van der Waals surface area (Å²) in [5.41, 5.74) is 9.31. The van der Waals surface area contributed by atoms with Crippen molar-refractivity contribution in [1.82, 2.24) is 4.98 Å². The molecule has 0 spiro atoms. The molecule has 1 aromatic carbocycles. The highest BCUT2D eigenvalue weighted by Crippen LogP contribution is 2.27. The largest absolute Gasteiger partial charge is 0.486 e. The number of hydrogen-bond donors (Lipinski definition) is 1. The van der Waals surface area contributed by atoms with E-state index < -0.39 is 0 Å². The van der Waals surface area contributed by atoms with Gasteiger partial charge in [-0.15, -0.1) is 0 Å². The fourth-order valence-corrected chi connectivity index (χ4v) is 2.59. The van der Waals surface area contributed by atoms with E-state index in [4.69, 9.17) is 10.5 Å². The van der Waals surface area contributed by atoms with Crippen LogP contribution in [0.3, 0.4) is 0 Å².